The monoisotopic (exact) mass is 430 g/mol. The van der Waals surface area contributed by atoms with E-state index in [0.29, 0.717) is 18.0 Å². The van der Waals surface area contributed by atoms with Crippen LogP contribution in [-0.4, -0.2) is 43.7 Å². The van der Waals surface area contributed by atoms with Crippen molar-refractivity contribution in [2.24, 2.45) is 0 Å². The SMILES string of the molecule is CCOc1ccccc1NC(=O)Nc1ccc(CN2CCN(c3ccccc3)CC2)cc1. The number of amides is 2. The Balaban J connectivity index is 1.26. The number of para-hydroxylation sites is 3. The van der Waals surface area contributed by atoms with Gasteiger partial charge >= 0.3 is 6.03 Å². The van der Waals surface area contributed by atoms with Gasteiger partial charge in [-0.15, -0.1) is 0 Å². The second-order valence-corrected chi connectivity index (χ2v) is 7.80. The van der Waals surface area contributed by atoms with Gasteiger partial charge in [0.2, 0.25) is 0 Å². The molecule has 1 saturated heterocycles. The number of carbonyl (C=O) groups is 1. The molecule has 32 heavy (non-hydrogen) atoms. The Bertz CT molecular complexity index is 1000. The summed E-state index contributed by atoms with van der Waals surface area (Å²) < 4.78 is 5.56. The highest BCUT2D eigenvalue weighted by Gasteiger charge is 2.17. The second-order valence-electron chi connectivity index (χ2n) is 7.80. The molecule has 0 aliphatic carbocycles. The fourth-order valence-corrected chi connectivity index (χ4v) is 3.89. The predicted octanol–water partition coefficient (Wildman–Crippen LogP) is 5.05. The van der Waals surface area contributed by atoms with Crippen molar-refractivity contribution in [2.45, 2.75) is 13.5 Å². The number of carbonyl (C=O) groups excluding carboxylic acids is 1. The number of piperazine rings is 1. The van der Waals surface area contributed by atoms with Crippen LogP contribution >= 0.6 is 0 Å². The predicted molar refractivity (Wildman–Crippen MR) is 131 cm³/mol. The number of nitrogens with one attached hydrogen (secondary N) is 2. The Morgan fingerprint density at radius 3 is 2.25 bits per heavy atom. The summed E-state index contributed by atoms with van der Waals surface area (Å²) in [6.07, 6.45) is 0. The summed E-state index contributed by atoms with van der Waals surface area (Å²) in [5.41, 5.74) is 3.95. The molecule has 0 radical (unpaired) electrons. The minimum atomic E-state index is -0.290. The zero-order chi connectivity index (χ0) is 22.2. The van der Waals surface area contributed by atoms with Crippen molar-refractivity contribution in [1.82, 2.24) is 4.90 Å². The lowest BCUT2D eigenvalue weighted by atomic mass is 10.1. The number of urea groups is 1. The van der Waals surface area contributed by atoms with E-state index in [9.17, 15) is 4.79 Å². The normalized spacial score (nSPS) is 14.1. The molecular formula is C26H30N4O2. The Morgan fingerprint density at radius 1 is 0.844 bits per heavy atom. The van der Waals surface area contributed by atoms with Gasteiger partial charge in [0.05, 0.1) is 12.3 Å². The van der Waals surface area contributed by atoms with E-state index < -0.39 is 0 Å². The van der Waals surface area contributed by atoms with Crippen LogP contribution in [0, 0.1) is 0 Å². The zero-order valence-electron chi connectivity index (χ0n) is 18.5. The summed E-state index contributed by atoms with van der Waals surface area (Å²) >= 11 is 0. The first-order valence-electron chi connectivity index (χ1n) is 11.1. The second kappa shape index (κ2) is 10.7. The van der Waals surface area contributed by atoms with Crippen molar-refractivity contribution in [3.05, 3.63) is 84.4 Å². The first-order valence-corrected chi connectivity index (χ1v) is 11.1. The number of rotatable bonds is 7. The lowest BCUT2D eigenvalue weighted by Crippen LogP contribution is -2.45. The smallest absolute Gasteiger partial charge is 0.323 e. The number of nitrogens with zero attached hydrogens (tertiary/aromatic N) is 2. The van der Waals surface area contributed by atoms with Crippen molar-refractivity contribution in [3.8, 4) is 5.75 Å². The average molecular weight is 431 g/mol. The van der Waals surface area contributed by atoms with E-state index in [-0.39, 0.29) is 6.03 Å². The van der Waals surface area contributed by atoms with E-state index in [1.807, 2.05) is 43.3 Å². The summed E-state index contributed by atoms with van der Waals surface area (Å²) in [4.78, 5) is 17.3. The molecule has 4 rings (SSSR count). The molecule has 6 nitrogen and oxygen atoms in total. The molecule has 1 fully saturated rings. The van der Waals surface area contributed by atoms with Gasteiger partial charge in [-0.3, -0.25) is 4.90 Å². The zero-order valence-corrected chi connectivity index (χ0v) is 18.5. The summed E-state index contributed by atoms with van der Waals surface area (Å²) in [5, 5.41) is 5.74. The molecule has 0 atom stereocenters. The van der Waals surface area contributed by atoms with Gasteiger partial charge in [-0.05, 0) is 48.9 Å². The Kier molecular flexibility index (Phi) is 7.25. The molecule has 0 saturated carbocycles. The number of benzene rings is 3. The number of hydrogen-bond donors (Lipinski definition) is 2. The summed E-state index contributed by atoms with van der Waals surface area (Å²) in [7, 11) is 0. The third kappa shape index (κ3) is 5.80. The minimum Gasteiger partial charge on any atom is -0.492 e. The van der Waals surface area contributed by atoms with Gasteiger partial charge in [-0.2, -0.15) is 0 Å². The topological polar surface area (TPSA) is 56.8 Å². The molecule has 3 aromatic rings. The molecule has 166 valence electrons. The van der Waals surface area contributed by atoms with Crippen LogP contribution < -0.4 is 20.3 Å². The van der Waals surface area contributed by atoms with Crippen LogP contribution in [0.3, 0.4) is 0 Å². The molecule has 1 aliphatic rings. The largest absolute Gasteiger partial charge is 0.492 e. The number of hydrogen-bond acceptors (Lipinski definition) is 4. The van der Waals surface area contributed by atoms with Gasteiger partial charge in [0.25, 0.3) is 0 Å². The minimum absolute atomic E-state index is 0.290. The van der Waals surface area contributed by atoms with Crippen molar-refractivity contribution in [3.63, 3.8) is 0 Å². The first-order chi connectivity index (χ1) is 15.7. The Labute approximate surface area is 189 Å². The molecule has 6 heteroatoms. The standard InChI is InChI=1S/C26H30N4O2/c1-2-32-25-11-7-6-10-24(25)28-26(31)27-22-14-12-21(13-15-22)20-29-16-18-30(19-17-29)23-8-4-3-5-9-23/h3-15H,2,16-20H2,1H3,(H2,27,28,31). The fourth-order valence-electron chi connectivity index (χ4n) is 3.89. The molecule has 2 amide bonds. The lowest BCUT2D eigenvalue weighted by Gasteiger charge is -2.36. The van der Waals surface area contributed by atoms with E-state index in [4.69, 9.17) is 4.74 Å². The Hall–Kier alpha value is -3.51. The highest BCUT2D eigenvalue weighted by Crippen LogP contribution is 2.24. The third-order valence-electron chi connectivity index (χ3n) is 5.55. The van der Waals surface area contributed by atoms with E-state index in [1.165, 1.54) is 11.3 Å². The molecule has 3 aromatic carbocycles. The van der Waals surface area contributed by atoms with Gasteiger partial charge in [-0.25, -0.2) is 4.79 Å². The van der Waals surface area contributed by atoms with E-state index in [2.05, 4.69) is 62.9 Å². The highest BCUT2D eigenvalue weighted by atomic mass is 16.5. The summed E-state index contributed by atoms with van der Waals surface area (Å²) in [6, 6.07) is 25.8. The molecular weight excluding hydrogens is 400 g/mol. The summed E-state index contributed by atoms with van der Waals surface area (Å²) in [6.45, 7) is 7.52. The van der Waals surface area contributed by atoms with Crippen LogP contribution in [0.5, 0.6) is 5.75 Å². The average Bonchev–Trinajstić information content (AvgIpc) is 2.83. The maximum absolute atomic E-state index is 12.4. The van der Waals surface area contributed by atoms with Crippen molar-refractivity contribution >= 4 is 23.1 Å². The van der Waals surface area contributed by atoms with E-state index in [1.54, 1.807) is 0 Å². The molecule has 1 heterocycles. The molecule has 0 spiro atoms. The van der Waals surface area contributed by atoms with Crippen LogP contribution in [-0.2, 0) is 6.54 Å². The van der Waals surface area contributed by atoms with E-state index in [0.717, 1.165) is 38.4 Å². The quantitative estimate of drug-likeness (QED) is 0.551. The number of anilines is 3. The van der Waals surface area contributed by atoms with Crippen molar-refractivity contribution in [1.29, 1.82) is 0 Å². The first kappa shape index (κ1) is 21.7. The van der Waals surface area contributed by atoms with Crippen LogP contribution in [0.2, 0.25) is 0 Å². The van der Waals surface area contributed by atoms with Gasteiger partial charge in [-0.1, -0.05) is 42.5 Å². The van der Waals surface area contributed by atoms with Crippen LogP contribution in [0.15, 0.2) is 78.9 Å². The maximum atomic E-state index is 12.4. The van der Waals surface area contributed by atoms with Crippen LogP contribution in [0.1, 0.15) is 12.5 Å². The van der Waals surface area contributed by atoms with Gasteiger partial charge in [0.1, 0.15) is 5.75 Å². The van der Waals surface area contributed by atoms with Crippen molar-refractivity contribution < 1.29 is 9.53 Å². The summed E-state index contributed by atoms with van der Waals surface area (Å²) in [5.74, 6) is 0.660. The third-order valence-corrected chi connectivity index (χ3v) is 5.55. The van der Waals surface area contributed by atoms with Crippen molar-refractivity contribution in [2.75, 3.05) is 48.3 Å². The van der Waals surface area contributed by atoms with Gasteiger partial charge in [0, 0.05) is 44.1 Å². The molecule has 0 aromatic heterocycles. The van der Waals surface area contributed by atoms with Gasteiger partial charge in [0.15, 0.2) is 0 Å². The lowest BCUT2D eigenvalue weighted by molar-refractivity contribution is 0.250. The van der Waals surface area contributed by atoms with E-state index >= 15 is 0 Å². The van der Waals surface area contributed by atoms with Crippen LogP contribution in [0.4, 0.5) is 21.9 Å². The fraction of sp³-hybridized carbons (Fsp3) is 0.269. The van der Waals surface area contributed by atoms with Crippen LogP contribution in [0.25, 0.3) is 0 Å². The molecule has 0 bridgehead atoms. The Morgan fingerprint density at radius 2 is 1.53 bits per heavy atom. The number of ether oxygens (including phenoxy) is 1. The van der Waals surface area contributed by atoms with Gasteiger partial charge < -0.3 is 20.3 Å². The molecule has 1 aliphatic heterocycles. The molecule has 0 unspecified atom stereocenters. The maximum Gasteiger partial charge on any atom is 0.323 e. The molecule has 2 N–H and O–H groups in total. The highest BCUT2D eigenvalue weighted by molar-refractivity contribution is 6.00.